The molecule has 2 aromatic rings. The zero-order valence-corrected chi connectivity index (χ0v) is 16.3. The first-order valence-electron chi connectivity index (χ1n) is 9.63. The summed E-state index contributed by atoms with van der Waals surface area (Å²) in [4.78, 5) is 44.8. The van der Waals surface area contributed by atoms with Gasteiger partial charge in [-0.1, -0.05) is 56.3 Å². The third kappa shape index (κ3) is 3.32. The van der Waals surface area contributed by atoms with Gasteiger partial charge in [0.2, 0.25) is 11.8 Å². The normalized spacial score (nSPS) is 24.4. The van der Waals surface area contributed by atoms with E-state index < -0.39 is 29.9 Å². The zero-order valence-electron chi connectivity index (χ0n) is 16.3. The Bertz CT molecular complexity index is 942. The average Bonchev–Trinajstić information content (AvgIpc) is 3.17. The number of amides is 3. The van der Waals surface area contributed by atoms with Gasteiger partial charge in [-0.2, -0.15) is 5.06 Å². The lowest BCUT2D eigenvalue weighted by molar-refractivity contribution is -0.175. The molecule has 0 aromatic heterocycles. The number of imide groups is 1. The Morgan fingerprint density at radius 1 is 1.03 bits per heavy atom. The van der Waals surface area contributed by atoms with Gasteiger partial charge in [-0.05, 0) is 29.2 Å². The summed E-state index contributed by atoms with van der Waals surface area (Å²) in [5, 5.41) is 1.38. The van der Waals surface area contributed by atoms with Crippen LogP contribution in [-0.4, -0.2) is 35.4 Å². The number of hydroxylamine groups is 2. The zero-order chi connectivity index (χ0) is 20.7. The molecule has 0 saturated carbocycles. The number of primary amides is 1. The highest BCUT2D eigenvalue weighted by Gasteiger charge is 2.60. The van der Waals surface area contributed by atoms with Crippen LogP contribution >= 0.6 is 0 Å². The van der Waals surface area contributed by atoms with Gasteiger partial charge in [0.05, 0.1) is 17.6 Å². The molecule has 3 amide bonds. The molecule has 0 bridgehead atoms. The van der Waals surface area contributed by atoms with Crippen molar-refractivity contribution in [3.63, 3.8) is 0 Å². The van der Waals surface area contributed by atoms with E-state index in [1.54, 1.807) is 24.3 Å². The lowest BCUT2D eigenvalue weighted by Crippen LogP contribution is -2.40. The Balaban J connectivity index is 1.72. The van der Waals surface area contributed by atoms with E-state index in [4.69, 9.17) is 10.6 Å². The van der Waals surface area contributed by atoms with Gasteiger partial charge < -0.3 is 5.73 Å². The fraction of sp³-hybridized carbons (Fsp3) is 0.318. The molecule has 7 heteroatoms. The summed E-state index contributed by atoms with van der Waals surface area (Å²) in [5.41, 5.74) is 7.85. The van der Waals surface area contributed by atoms with Gasteiger partial charge in [-0.25, -0.2) is 4.90 Å². The molecule has 2 saturated heterocycles. The van der Waals surface area contributed by atoms with Crippen LogP contribution in [0.3, 0.4) is 0 Å². The molecular weight excluding hydrogens is 370 g/mol. The summed E-state index contributed by atoms with van der Waals surface area (Å²) >= 11 is 0. The van der Waals surface area contributed by atoms with E-state index in [0.29, 0.717) is 11.6 Å². The summed E-state index contributed by atoms with van der Waals surface area (Å²) in [6, 6.07) is 16.0. The highest BCUT2D eigenvalue weighted by atomic mass is 16.7. The van der Waals surface area contributed by atoms with Crippen molar-refractivity contribution in [2.45, 2.75) is 31.9 Å². The van der Waals surface area contributed by atoms with Gasteiger partial charge in [0.1, 0.15) is 6.54 Å². The molecule has 2 fully saturated rings. The average molecular weight is 393 g/mol. The molecule has 3 unspecified atom stereocenters. The molecule has 150 valence electrons. The third-order valence-corrected chi connectivity index (χ3v) is 5.47. The van der Waals surface area contributed by atoms with Crippen LogP contribution in [0.5, 0.6) is 0 Å². The molecule has 0 radical (unpaired) electrons. The van der Waals surface area contributed by atoms with Crippen molar-refractivity contribution < 1.29 is 19.2 Å². The number of benzene rings is 2. The first-order chi connectivity index (χ1) is 13.9. The van der Waals surface area contributed by atoms with E-state index in [1.165, 1.54) is 9.96 Å². The molecule has 7 nitrogen and oxygen atoms in total. The number of fused-ring (bicyclic) bond motifs is 1. The maximum absolute atomic E-state index is 13.3. The van der Waals surface area contributed by atoms with Crippen molar-refractivity contribution in [2.75, 3.05) is 11.4 Å². The molecule has 4 rings (SSSR count). The second-order valence-corrected chi connectivity index (χ2v) is 7.71. The lowest BCUT2D eigenvalue weighted by atomic mass is 9.89. The summed E-state index contributed by atoms with van der Waals surface area (Å²) in [7, 11) is 0. The third-order valence-electron chi connectivity index (χ3n) is 5.47. The summed E-state index contributed by atoms with van der Waals surface area (Å²) in [5.74, 6) is -1.74. The van der Waals surface area contributed by atoms with Gasteiger partial charge in [0, 0.05) is 0 Å². The number of carbonyl (C=O) groups excluding carboxylic acids is 3. The first-order valence-corrected chi connectivity index (χ1v) is 9.63. The van der Waals surface area contributed by atoms with E-state index in [-0.39, 0.29) is 12.5 Å². The second kappa shape index (κ2) is 7.42. The Kier molecular flexibility index (Phi) is 4.94. The minimum absolute atomic E-state index is 0.199. The Hall–Kier alpha value is -3.03. The standard InChI is InChI=1S/C22H23N3O4/c1-13(2)14-8-10-15(11-9-14)19-18-20(29-24(19)12-17(23)26)22(28)25(21(18)27)16-6-4-3-5-7-16/h3-11,13,18-20H,12H2,1-2H3,(H2,23,26). The number of hydrogen-bond acceptors (Lipinski definition) is 5. The predicted octanol–water partition coefficient (Wildman–Crippen LogP) is 2.14. The molecule has 2 aliphatic heterocycles. The molecule has 29 heavy (non-hydrogen) atoms. The van der Waals surface area contributed by atoms with E-state index in [0.717, 1.165) is 11.1 Å². The Morgan fingerprint density at radius 2 is 1.69 bits per heavy atom. The van der Waals surface area contributed by atoms with Gasteiger partial charge in [-0.15, -0.1) is 0 Å². The van der Waals surface area contributed by atoms with Crippen LogP contribution in [0.1, 0.15) is 36.9 Å². The van der Waals surface area contributed by atoms with Crippen molar-refractivity contribution >= 4 is 23.4 Å². The van der Waals surface area contributed by atoms with Crippen LogP contribution in [0, 0.1) is 5.92 Å². The molecule has 0 aliphatic carbocycles. The monoisotopic (exact) mass is 393 g/mol. The van der Waals surface area contributed by atoms with Crippen molar-refractivity contribution in [3.8, 4) is 0 Å². The van der Waals surface area contributed by atoms with Crippen molar-refractivity contribution in [2.24, 2.45) is 11.7 Å². The number of hydrogen-bond donors (Lipinski definition) is 1. The minimum Gasteiger partial charge on any atom is -0.368 e. The number of carbonyl (C=O) groups is 3. The number of nitrogens with zero attached hydrogens (tertiary/aromatic N) is 2. The number of para-hydroxylation sites is 1. The van der Waals surface area contributed by atoms with Gasteiger partial charge >= 0.3 is 0 Å². The first kappa shape index (κ1) is 19.3. The topological polar surface area (TPSA) is 92.9 Å². The Labute approximate surface area is 169 Å². The molecule has 2 aliphatic rings. The Morgan fingerprint density at radius 3 is 2.28 bits per heavy atom. The van der Waals surface area contributed by atoms with Crippen molar-refractivity contribution in [3.05, 3.63) is 65.7 Å². The van der Waals surface area contributed by atoms with E-state index in [1.807, 2.05) is 30.3 Å². The van der Waals surface area contributed by atoms with E-state index in [2.05, 4.69) is 13.8 Å². The van der Waals surface area contributed by atoms with Gasteiger partial charge in [0.15, 0.2) is 6.10 Å². The summed E-state index contributed by atoms with van der Waals surface area (Å²) < 4.78 is 0. The minimum atomic E-state index is -0.975. The lowest BCUT2D eigenvalue weighted by Gasteiger charge is -2.26. The van der Waals surface area contributed by atoms with Crippen LogP contribution in [0.2, 0.25) is 0 Å². The maximum Gasteiger partial charge on any atom is 0.265 e. The fourth-order valence-corrected chi connectivity index (χ4v) is 4.04. The number of anilines is 1. The predicted molar refractivity (Wildman–Crippen MR) is 106 cm³/mol. The molecule has 0 spiro atoms. The molecule has 2 heterocycles. The van der Waals surface area contributed by atoms with E-state index in [9.17, 15) is 14.4 Å². The smallest absolute Gasteiger partial charge is 0.265 e. The molecule has 3 atom stereocenters. The van der Waals surface area contributed by atoms with Crippen molar-refractivity contribution in [1.82, 2.24) is 5.06 Å². The molecule has 2 aromatic carbocycles. The summed E-state index contributed by atoms with van der Waals surface area (Å²) in [6.45, 7) is 4.00. The van der Waals surface area contributed by atoms with Crippen molar-refractivity contribution in [1.29, 1.82) is 0 Å². The molecular formula is C22H23N3O4. The highest BCUT2D eigenvalue weighted by molar-refractivity contribution is 6.23. The largest absolute Gasteiger partial charge is 0.368 e. The van der Waals surface area contributed by atoms with Gasteiger partial charge in [-0.3, -0.25) is 19.2 Å². The van der Waals surface area contributed by atoms with Crippen LogP contribution in [0.25, 0.3) is 0 Å². The quantitative estimate of drug-likeness (QED) is 0.786. The number of nitrogens with two attached hydrogens (primary N) is 1. The van der Waals surface area contributed by atoms with Crippen LogP contribution in [0.4, 0.5) is 5.69 Å². The van der Waals surface area contributed by atoms with Gasteiger partial charge in [0.25, 0.3) is 5.91 Å². The SMILES string of the molecule is CC(C)c1ccc(C2C3C(=O)N(c4ccccc4)C(=O)C3ON2CC(N)=O)cc1. The van der Waals surface area contributed by atoms with Crippen LogP contribution in [-0.2, 0) is 19.2 Å². The van der Waals surface area contributed by atoms with Crippen LogP contribution < -0.4 is 10.6 Å². The fourth-order valence-electron chi connectivity index (χ4n) is 4.04. The maximum atomic E-state index is 13.3. The highest BCUT2D eigenvalue weighted by Crippen LogP contribution is 2.45. The van der Waals surface area contributed by atoms with E-state index >= 15 is 0 Å². The molecule has 2 N–H and O–H groups in total. The summed E-state index contributed by atoms with van der Waals surface area (Å²) in [6.07, 6.45) is -0.975. The second-order valence-electron chi connectivity index (χ2n) is 7.71. The van der Waals surface area contributed by atoms with Crippen LogP contribution in [0.15, 0.2) is 54.6 Å². The number of rotatable bonds is 5.